The molecule has 3 nitrogen and oxygen atoms in total. The van der Waals surface area contributed by atoms with E-state index in [0.717, 1.165) is 6.07 Å². The summed E-state index contributed by atoms with van der Waals surface area (Å²) in [5.74, 6) is -0.608. The number of pyridine rings is 1. The van der Waals surface area contributed by atoms with Crippen molar-refractivity contribution in [2.75, 3.05) is 19.8 Å². The molecule has 0 aliphatic rings. The molecule has 1 heterocycles. The van der Waals surface area contributed by atoms with Crippen molar-refractivity contribution in [3.63, 3.8) is 0 Å². The first-order valence-electron chi connectivity index (χ1n) is 4.25. The fourth-order valence-corrected chi connectivity index (χ4v) is 0.994. The largest absolute Gasteiger partial charge is 0.473 e. The molecule has 1 aromatic heterocycles. The summed E-state index contributed by atoms with van der Waals surface area (Å²) in [6.45, 7) is 3.18. The van der Waals surface area contributed by atoms with E-state index in [9.17, 15) is 4.39 Å². The van der Waals surface area contributed by atoms with Gasteiger partial charge in [-0.05, 0) is 13.0 Å². The number of rotatable bonds is 5. The van der Waals surface area contributed by atoms with Crippen molar-refractivity contribution >= 4 is 11.6 Å². The molecule has 0 spiro atoms. The lowest BCUT2D eigenvalue weighted by Crippen LogP contribution is -2.08. The minimum absolute atomic E-state index is 0.0471. The van der Waals surface area contributed by atoms with Gasteiger partial charge >= 0.3 is 0 Å². The van der Waals surface area contributed by atoms with Crippen LogP contribution in [0.1, 0.15) is 6.92 Å². The Balaban J connectivity index is 2.42. The predicted octanol–water partition coefficient (Wildman–Crippen LogP) is 2.29. The Morgan fingerprint density at radius 3 is 2.93 bits per heavy atom. The van der Waals surface area contributed by atoms with Crippen LogP contribution in [0.3, 0.4) is 0 Å². The molecule has 0 fully saturated rings. The van der Waals surface area contributed by atoms with Crippen LogP contribution in [0.5, 0.6) is 5.88 Å². The molecule has 14 heavy (non-hydrogen) atoms. The Hall–Kier alpha value is -0.870. The van der Waals surface area contributed by atoms with E-state index in [0.29, 0.717) is 13.2 Å². The highest BCUT2D eigenvalue weighted by Gasteiger charge is 2.04. The molecule has 0 aliphatic heterocycles. The molecule has 0 atom stereocenters. The van der Waals surface area contributed by atoms with Crippen LogP contribution in [0.25, 0.3) is 0 Å². The summed E-state index contributed by atoms with van der Waals surface area (Å²) in [6, 6.07) is 1.16. The van der Waals surface area contributed by atoms with Gasteiger partial charge in [-0.2, -0.15) is 0 Å². The van der Waals surface area contributed by atoms with E-state index < -0.39 is 5.82 Å². The van der Waals surface area contributed by atoms with Crippen molar-refractivity contribution in [3.05, 3.63) is 23.1 Å². The number of hydrogen-bond acceptors (Lipinski definition) is 3. The van der Waals surface area contributed by atoms with Gasteiger partial charge in [0.1, 0.15) is 6.61 Å². The van der Waals surface area contributed by atoms with Gasteiger partial charge in [-0.3, -0.25) is 0 Å². The molecule has 0 bridgehead atoms. The topological polar surface area (TPSA) is 31.4 Å². The monoisotopic (exact) mass is 219 g/mol. The lowest BCUT2D eigenvalue weighted by atomic mass is 10.4. The van der Waals surface area contributed by atoms with Gasteiger partial charge in [0.15, 0.2) is 5.82 Å². The summed E-state index contributed by atoms with van der Waals surface area (Å²) in [4.78, 5) is 3.69. The lowest BCUT2D eigenvalue weighted by molar-refractivity contribution is 0.106. The zero-order valence-electron chi connectivity index (χ0n) is 7.80. The van der Waals surface area contributed by atoms with Gasteiger partial charge in [0.25, 0.3) is 5.88 Å². The van der Waals surface area contributed by atoms with Crippen LogP contribution in [0, 0.1) is 5.82 Å². The molecule has 0 radical (unpaired) electrons. The average Bonchev–Trinajstić information content (AvgIpc) is 2.15. The molecule has 0 aromatic carbocycles. The van der Waals surface area contributed by atoms with Crippen molar-refractivity contribution in [1.82, 2.24) is 4.98 Å². The second-order valence-electron chi connectivity index (χ2n) is 2.49. The van der Waals surface area contributed by atoms with Gasteiger partial charge < -0.3 is 9.47 Å². The van der Waals surface area contributed by atoms with Crippen molar-refractivity contribution in [1.29, 1.82) is 0 Å². The maximum absolute atomic E-state index is 13.0. The smallest absolute Gasteiger partial charge is 0.250 e. The molecule has 1 aromatic rings. The zero-order valence-corrected chi connectivity index (χ0v) is 8.55. The molecule has 0 aliphatic carbocycles. The summed E-state index contributed by atoms with van der Waals surface area (Å²) in [5.41, 5.74) is 0. The molecule has 1 rings (SSSR count). The number of halogens is 2. The van der Waals surface area contributed by atoms with Gasteiger partial charge in [0.2, 0.25) is 0 Å². The van der Waals surface area contributed by atoms with Gasteiger partial charge in [-0.25, -0.2) is 9.37 Å². The fourth-order valence-electron chi connectivity index (χ4n) is 0.850. The second kappa shape index (κ2) is 5.78. The second-order valence-corrected chi connectivity index (χ2v) is 2.92. The first kappa shape index (κ1) is 11.2. The standard InChI is InChI=1S/C9H11ClFNO2/c1-2-13-3-4-14-9-8(11)5-7(10)6-12-9/h5-6H,2-4H2,1H3. The van der Waals surface area contributed by atoms with Crippen LogP contribution in [-0.4, -0.2) is 24.8 Å². The molecule has 78 valence electrons. The number of aromatic nitrogens is 1. The third-order valence-corrected chi connectivity index (χ3v) is 1.65. The summed E-state index contributed by atoms with van der Waals surface area (Å²) in [5, 5.41) is 0.250. The van der Waals surface area contributed by atoms with E-state index in [-0.39, 0.29) is 17.5 Å². The maximum Gasteiger partial charge on any atom is 0.250 e. The maximum atomic E-state index is 13.0. The Bertz CT molecular complexity index is 296. The third kappa shape index (κ3) is 3.47. The van der Waals surface area contributed by atoms with E-state index in [1.807, 2.05) is 6.92 Å². The van der Waals surface area contributed by atoms with Gasteiger partial charge in [0.05, 0.1) is 11.6 Å². The van der Waals surface area contributed by atoms with Gasteiger partial charge in [-0.15, -0.1) is 0 Å². The fraction of sp³-hybridized carbons (Fsp3) is 0.444. The summed E-state index contributed by atoms with van der Waals surface area (Å²) >= 11 is 5.52. The molecule has 0 saturated carbocycles. The van der Waals surface area contributed by atoms with E-state index in [4.69, 9.17) is 21.1 Å². The lowest BCUT2D eigenvalue weighted by Gasteiger charge is -2.05. The summed E-state index contributed by atoms with van der Waals surface area (Å²) in [6.07, 6.45) is 1.33. The van der Waals surface area contributed by atoms with Crippen LogP contribution in [0.4, 0.5) is 4.39 Å². The summed E-state index contributed by atoms with van der Waals surface area (Å²) in [7, 11) is 0. The zero-order chi connectivity index (χ0) is 10.4. The minimum atomic E-state index is -0.561. The van der Waals surface area contributed by atoms with E-state index in [1.165, 1.54) is 6.20 Å². The highest BCUT2D eigenvalue weighted by atomic mass is 35.5. The first-order chi connectivity index (χ1) is 6.74. The Morgan fingerprint density at radius 2 is 2.29 bits per heavy atom. The Kier molecular flexibility index (Phi) is 4.62. The molecule has 5 heteroatoms. The first-order valence-corrected chi connectivity index (χ1v) is 4.63. The van der Waals surface area contributed by atoms with Crippen LogP contribution in [0.15, 0.2) is 12.3 Å². The number of hydrogen-bond donors (Lipinski definition) is 0. The van der Waals surface area contributed by atoms with E-state index in [1.54, 1.807) is 0 Å². The van der Waals surface area contributed by atoms with Crippen molar-refractivity contribution in [2.24, 2.45) is 0 Å². The quantitative estimate of drug-likeness (QED) is 0.712. The van der Waals surface area contributed by atoms with Crippen molar-refractivity contribution in [2.45, 2.75) is 6.92 Å². The SMILES string of the molecule is CCOCCOc1ncc(Cl)cc1F. The minimum Gasteiger partial charge on any atom is -0.473 e. The Labute approximate surface area is 86.8 Å². The highest BCUT2D eigenvalue weighted by Crippen LogP contribution is 2.17. The predicted molar refractivity (Wildman–Crippen MR) is 51.2 cm³/mol. The number of ether oxygens (including phenoxy) is 2. The van der Waals surface area contributed by atoms with Gasteiger partial charge in [-0.1, -0.05) is 11.6 Å². The molecular weight excluding hydrogens is 209 g/mol. The van der Waals surface area contributed by atoms with E-state index >= 15 is 0 Å². The molecule has 0 saturated heterocycles. The van der Waals surface area contributed by atoms with Crippen LogP contribution >= 0.6 is 11.6 Å². The molecule has 0 amide bonds. The average molecular weight is 220 g/mol. The molecule has 0 N–H and O–H groups in total. The normalized spacial score (nSPS) is 10.2. The van der Waals surface area contributed by atoms with Crippen LogP contribution < -0.4 is 4.74 Å². The highest BCUT2D eigenvalue weighted by molar-refractivity contribution is 6.30. The number of nitrogens with zero attached hydrogens (tertiary/aromatic N) is 1. The van der Waals surface area contributed by atoms with E-state index in [2.05, 4.69) is 4.98 Å². The Morgan fingerprint density at radius 1 is 1.50 bits per heavy atom. The van der Waals surface area contributed by atoms with Crippen LogP contribution in [-0.2, 0) is 4.74 Å². The van der Waals surface area contributed by atoms with Crippen LogP contribution in [0.2, 0.25) is 5.02 Å². The molecule has 0 unspecified atom stereocenters. The summed E-state index contributed by atoms with van der Waals surface area (Å²) < 4.78 is 23.1. The van der Waals surface area contributed by atoms with Crippen molar-refractivity contribution in [3.8, 4) is 5.88 Å². The van der Waals surface area contributed by atoms with Crippen molar-refractivity contribution < 1.29 is 13.9 Å². The molecular formula is C9H11ClFNO2. The third-order valence-electron chi connectivity index (χ3n) is 1.44. The van der Waals surface area contributed by atoms with Gasteiger partial charge in [0, 0.05) is 12.8 Å².